The number of rotatable bonds is 5. The van der Waals surface area contributed by atoms with Crippen molar-refractivity contribution in [1.29, 1.82) is 0 Å². The minimum absolute atomic E-state index is 0.122. The van der Waals surface area contributed by atoms with E-state index in [1.54, 1.807) is 21.7 Å². The summed E-state index contributed by atoms with van der Waals surface area (Å²) in [7, 11) is 0. The second-order valence-electron chi connectivity index (χ2n) is 10.5. The number of carbonyl (C=O) groups excluding carboxylic acids is 2. The Morgan fingerprint density at radius 1 is 1.05 bits per heavy atom. The van der Waals surface area contributed by atoms with E-state index in [0.29, 0.717) is 47.9 Å². The van der Waals surface area contributed by atoms with E-state index in [9.17, 15) is 22.8 Å². The Balaban J connectivity index is 1.61. The molecule has 2 amide bonds. The highest BCUT2D eigenvalue weighted by molar-refractivity contribution is 6.31. The van der Waals surface area contributed by atoms with Crippen LogP contribution in [0.25, 0.3) is 5.69 Å². The normalized spacial score (nSPS) is 14.7. The van der Waals surface area contributed by atoms with Gasteiger partial charge in [0.25, 0.3) is 5.91 Å². The predicted molar refractivity (Wildman–Crippen MR) is 144 cm³/mol. The minimum Gasteiger partial charge on any atom is -0.444 e. The molecule has 1 aliphatic heterocycles. The third-order valence-corrected chi connectivity index (χ3v) is 6.81. The summed E-state index contributed by atoms with van der Waals surface area (Å²) in [6.07, 6.45) is -2.61. The molecule has 2 aromatic carbocycles. The molecule has 1 aromatic heterocycles. The SMILES string of the molecule is Cc1c(Cl)cccc1-n1ncc(C(=O)Nc2ccc(OC(F)(F)F)cc2)c1C1CCN(C(=O)OC(C)(C)C)CC1. The standard InChI is InChI=1S/C28H30ClF3N4O4/c1-17-22(29)6-5-7-23(17)36-24(18-12-14-35(15-13-18)26(38)40-27(2,3)4)21(16-33-36)25(37)34-19-8-10-20(11-9-19)39-28(30,31)32/h5-11,16,18H,12-15H2,1-4H3,(H,34,37). The lowest BCUT2D eigenvalue weighted by atomic mass is 9.90. The number of hydrogen-bond donors (Lipinski definition) is 1. The number of anilines is 1. The first kappa shape index (κ1) is 29.3. The molecule has 0 radical (unpaired) electrons. The lowest BCUT2D eigenvalue weighted by Crippen LogP contribution is -2.41. The quantitative estimate of drug-likeness (QED) is 0.349. The summed E-state index contributed by atoms with van der Waals surface area (Å²) in [4.78, 5) is 27.7. The van der Waals surface area contributed by atoms with Crippen LogP contribution in [-0.2, 0) is 4.74 Å². The maximum atomic E-state index is 13.4. The van der Waals surface area contributed by atoms with Crippen molar-refractivity contribution in [2.24, 2.45) is 0 Å². The number of nitrogens with zero attached hydrogens (tertiary/aromatic N) is 3. The molecule has 1 fully saturated rings. The number of nitrogens with one attached hydrogen (secondary N) is 1. The van der Waals surface area contributed by atoms with Crippen molar-refractivity contribution in [3.05, 3.63) is 70.5 Å². The van der Waals surface area contributed by atoms with Crippen LogP contribution in [0.1, 0.15) is 61.1 Å². The van der Waals surface area contributed by atoms with Gasteiger partial charge in [-0.1, -0.05) is 17.7 Å². The van der Waals surface area contributed by atoms with Gasteiger partial charge >= 0.3 is 12.5 Å². The number of alkyl halides is 3. The van der Waals surface area contributed by atoms with Crippen molar-refractivity contribution < 1.29 is 32.2 Å². The zero-order valence-electron chi connectivity index (χ0n) is 22.5. The third kappa shape index (κ3) is 7.07. The van der Waals surface area contributed by atoms with E-state index >= 15 is 0 Å². The molecule has 12 heteroatoms. The summed E-state index contributed by atoms with van der Waals surface area (Å²) in [5.41, 5.74) is 2.14. The van der Waals surface area contributed by atoms with Gasteiger partial charge < -0.3 is 19.7 Å². The number of amides is 2. The molecular formula is C28H30ClF3N4O4. The Labute approximate surface area is 235 Å². The van der Waals surface area contributed by atoms with Gasteiger partial charge in [-0.25, -0.2) is 9.48 Å². The van der Waals surface area contributed by atoms with Crippen molar-refractivity contribution in [3.8, 4) is 11.4 Å². The minimum atomic E-state index is -4.81. The van der Waals surface area contributed by atoms with Gasteiger partial charge in [-0.2, -0.15) is 5.10 Å². The van der Waals surface area contributed by atoms with Crippen LogP contribution in [0.2, 0.25) is 5.02 Å². The molecule has 1 aliphatic rings. The fourth-order valence-electron chi connectivity index (χ4n) is 4.54. The molecule has 214 valence electrons. The van der Waals surface area contributed by atoms with Crippen molar-refractivity contribution in [3.63, 3.8) is 0 Å². The average molecular weight is 579 g/mol. The number of carbonyl (C=O) groups is 2. The number of likely N-dealkylation sites (tertiary alicyclic amines) is 1. The third-order valence-electron chi connectivity index (χ3n) is 6.40. The molecule has 3 aromatic rings. The Morgan fingerprint density at radius 3 is 2.30 bits per heavy atom. The summed E-state index contributed by atoms with van der Waals surface area (Å²) >= 11 is 6.38. The van der Waals surface area contributed by atoms with Crippen LogP contribution in [0, 0.1) is 6.92 Å². The largest absolute Gasteiger partial charge is 0.573 e. The van der Waals surface area contributed by atoms with E-state index in [4.69, 9.17) is 16.3 Å². The topological polar surface area (TPSA) is 85.7 Å². The number of benzene rings is 2. The second kappa shape index (κ2) is 11.4. The summed E-state index contributed by atoms with van der Waals surface area (Å²) in [5.74, 6) is -0.991. The monoisotopic (exact) mass is 578 g/mol. The van der Waals surface area contributed by atoms with E-state index in [1.807, 2.05) is 33.8 Å². The number of halogens is 4. The maximum Gasteiger partial charge on any atom is 0.573 e. The molecule has 8 nitrogen and oxygen atoms in total. The van der Waals surface area contributed by atoms with Gasteiger partial charge in [0, 0.05) is 29.7 Å². The Bertz CT molecular complexity index is 1380. The Morgan fingerprint density at radius 2 is 1.70 bits per heavy atom. The molecular weight excluding hydrogens is 549 g/mol. The first-order valence-electron chi connectivity index (χ1n) is 12.7. The van der Waals surface area contributed by atoms with Crippen LogP contribution in [0.5, 0.6) is 5.75 Å². The van der Waals surface area contributed by atoms with Crippen molar-refractivity contribution in [2.45, 2.75) is 58.4 Å². The first-order chi connectivity index (χ1) is 18.7. The fourth-order valence-corrected chi connectivity index (χ4v) is 4.71. The maximum absolute atomic E-state index is 13.4. The van der Waals surface area contributed by atoms with Crippen LogP contribution in [0.3, 0.4) is 0 Å². The molecule has 0 saturated carbocycles. The van der Waals surface area contributed by atoms with Crippen molar-refractivity contribution in [2.75, 3.05) is 18.4 Å². The zero-order valence-corrected chi connectivity index (χ0v) is 23.3. The van der Waals surface area contributed by atoms with E-state index in [2.05, 4.69) is 15.2 Å². The second-order valence-corrected chi connectivity index (χ2v) is 10.9. The molecule has 1 N–H and O–H groups in total. The van der Waals surface area contributed by atoms with Crippen LogP contribution in [0.15, 0.2) is 48.7 Å². The van der Waals surface area contributed by atoms with E-state index in [-0.39, 0.29) is 17.7 Å². The molecule has 2 heterocycles. The van der Waals surface area contributed by atoms with E-state index < -0.39 is 23.6 Å². The lowest BCUT2D eigenvalue weighted by Gasteiger charge is -2.34. The van der Waals surface area contributed by atoms with Gasteiger partial charge in [-0.15, -0.1) is 13.2 Å². The number of piperidine rings is 1. The molecule has 1 saturated heterocycles. The van der Waals surface area contributed by atoms with Gasteiger partial charge in [-0.3, -0.25) is 4.79 Å². The highest BCUT2D eigenvalue weighted by atomic mass is 35.5. The van der Waals surface area contributed by atoms with Gasteiger partial charge in [-0.05, 0) is 82.5 Å². The highest BCUT2D eigenvalue weighted by Gasteiger charge is 2.33. The van der Waals surface area contributed by atoms with Crippen molar-refractivity contribution in [1.82, 2.24) is 14.7 Å². The molecule has 0 bridgehead atoms. The van der Waals surface area contributed by atoms with Gasteiger partial charge in [0.15, 0.2) is 0 Å². The molecule has 0 atom stereocenters. The smallest absolute Gasteiger partial charge is 0.444 e. The number of aromatic nitrogens is 2. The van der Waals surface area contributed by atoms with Crippen LogP contribution >= 0.6 is 11.6 Å². The summed E-state index contributed by atoms with van der Waals surface area (Å²) in [6, 6.07) is 10.3. The molecule has 0 spiro atoms. The number of ether oxygens (including phenoxy) is 2. The molecule has 4 rings (SSSR count). The lowest BCUT2D eigenvalue weighted by molar-refractivity contribution is -0.274. The summed E-state index contributed by atoms with van der Waals surface area (Å²) in [5, 5.41) is 7.81. The zero-order chi connectivity index (χ0) is 29.2. The van der Waals surface area contributed by atoms with Crippen LogP contribution in [-0.4, -0.2) is 51.7 Å². The number of hydrogen-bond acceptors (Lipinski definition) is 5. The Hall–Kier alpha value is -3.73. The Kier molecular flexibility index (Phi) is 8.34. The summed E-state index contributed by atoms with van der Waals surface area (Å²) in [6.45, 7) is 8.16. The van der Waals surface area contributed by atoms with Gasteiger partial charge in [0.1, 0.15) is 11.4 Å². The molecule has 40 heavy (non-hydrogen) atoms. The summed E-state index contributed by atoms with van der Waals surface area (Å²) < 4.78 is 48.6. The fraction of sp³-hybridized carbons (Fsp3) is 0.393. The van der Waals surface area contributed by atoms with Crippen LogP contribution < -0.4 is 10.1 Å². The van der Waals surface area contributed by atoms with Gasteiger partial charge in [0.2, 0.25) is 0 Å². The highest BCUT2D eigenvalue weighted by Crippen LogP contribution is 2.35. The average Bonchev–Trinajstić information content (AvgIpc) is 3.30. The van der Waals surface area contributed by atoms with Gasteiger partial charge in [0.05, 0.1) is 23.1 Å². The predicted octanol–water partition coefficient (Wildman–Crippen LogP) is 7.10. The van der Waals surface area contributed by atoms with E-state index in [0.717, 1.165) is 17.7 Å². The first-order valence-corrected chi connectivity index (χ1v) is 13.1. The molecule has 0 aliphatic carbocycles. The van der Waals surface area contributed by atoms with Crippen molar-refractivity contribution >= 4 is 29.3 Å². The van der Waals surface area contributed by atoms with E-state index in [1.165, 1.54) is 18.3 Å². The molecule has 0 unspecified atom stereocenters. The van der Waals surface area contributed by atoms with Crippen LogP contribution in [0.4, 0.5) is 23.7 Å².